The van der Waals surface area contributed by atoms with Gasteiger partial charge in [0.2, 0.25) is 0 Å². The van der Waals surface area contributed by atoms with Crippen LogP contribution in [0.1, 0.15) is 144 Å². The summed E-state index contributed by atoms with van der Waals surface area (Å²) in [5.41, 5.74) is 7.21. The number of methoxy groups -OCH3 is 1. The molecule has 20 rings (SSSR count). The molecule has 9 unspecified atom stereocenters. The molecular formula is C103H126N12O16. The van der Waals surface area contributed by atoms with Crippen molar-refractivity contribution in [3.8, 4) is 63.2 Å². The van der Waals surface area contributed by atoms with Crippen LogP contribution in [0.4, 0.5) is 0 Å². The molecule has 28 heteroatoms. The van der Waals surface area contributed by atoms with Gasteiger partial charge in [-0.25, -0.2) is 4.98 Å². The second-order valence-electron chi connectivity index (χ2n) is 37.9. The molecule has 0 radical (unpaired) electrons. The number of ketones is 1. The summed E-state index contributed by atoms with van der Waals surface area (Å²) in [4.78, 5) is 52.9. The van der Waals surface area contributed by atoms with Gasteiger partial charge in [-0.15, -0.1) is 0 Å². The number of hydrogen-bond donors (Lipinski definition) is 9. The Bertz CT molecular complexity index is 5080. The molecule has 3 aromatic carbocycles. The number of benzene rings is 3. The third kappa shape index (κ3) is 25.4. The maximum Gasteiger partial charge on any atom is 0.195 e. The molecule has 12 heterocycles. The molecule has 694 valence electrons. The number of nitrogens with zero attached hydrogens (tertiary/aromatic N) is 12. The van der Waals surface area contributed by atoms with Gasteiger partial charge in [0.1, 0.15) is 93.4 Å². The first-order valence-corrected chi connectivity index (χ1v) is 46.5. The highest BCUT2D eigenvalue weighted by Crippen LogP contribution is 2.46. The third-order valence-electron chi connectivity index (χ3n) is 28.0. The number of aliphatic hydroxyl groups is 4. The van der Waals surface area contributed by atoms with Crippen molar-refractivity contribution in [2.45, 2.75) is 147 Å². The van der Waals surface area contributed by atoms with Crippen LogP contribution in [0.5, 0.6) is 63.2 Å². The molecule has 5 saturated carbocycles. The number of aromatic hydroxyl groups is 5. The van der Waals surface area contributed by atoms with E-state index < -0.39 is 24.4 Å². The summed E-state index contributed by atoms with van der Waals surface area (Å²) in [5, 5.41) is 88.1. The minimum Gasteiger partial charge on any atom is -0.506 e. The molecule has 28 nitrogen and oxygen atoms in total. The zero-order chi connectivity index (χ0) is 91.2. The Morgan fingerprint density at radius 3 is 0.817 bits per heavy atom. The first-order valence-electron chi connectivity index (χ1n) is 46.5. The summed E-state index contributed by atoms with van der Waals surface area (Å²) in [6.07, 6.45) is 19.9. The van der Waals surface area contributed by atoms with E-state index in [2.05, 4.69) is 122 Å². The van der Waals surface area contributed by atoms with Crippen LogP contribution in [0, 0.1) is 86.9 Å². The number of likely N-dealkylation sites (tertiary alicyclic amines) is 5. The maximum absolute atomic E-state index is 12.4. The van der Waals surface area contributed by atoms with Gasteiger partial charge in [0, 0.05) is 104 Å². The fraction of sp³-hybridized carbons (Fsp3) is 0.476. The van der Waals surface area contributed by atoms with Crippen molar-refractivity contribution in [2.75, 3.05) is 105 Å². The number of fused-ring (bicyclic) bond motifs is 5. The zero-order valence-corrected chi connectivity index (χ0v) is 75.4. The summed E-state index contributed by atoms with van der Waals surface area (Å²) >= 11 is 0. The molecule has 0 amide bonds. The number of carbonyl (C=O) groups is 1. The summed E-state index contributed by atoms with van der Waals surface area (Å²) in [6.45, 7) is 20.7. The van der Waals surface area contributed by atoms with E-state index in [1.54, 1.807) is 74.1 Å². The summed E-state index contributed by atoms with van der Waals surface area (Å²) < 4.78 is 36.0. The van der Waals surface area contributed by atoms with E-state index in [0.29, 0.717) is 133 Å². The minimum atomic E-state index is -0.629. The standard InChI is InChI=1S/C21H26N2O4.2C21H26N2O3.C20H25N3O3.C20H23N3O3/c1-26-17-3-5-18(6-4-17)27-19-8-14-11-23(12-15(14)9-19)13-21(25)20-7-2-16(24)10-22-20;2*1-14-2-5-18(6-3-14)26-19-8-15-11-23(12-16(15)9-19)13-21(25)20-7-4-17(24)10-22-20;2*1-13-20(3-2-6-21-13)26-17-7-14-10-23(11-15(14)8-17)12-19(25)18-5-4-16(24)9-22-18/h2-7,10,14-15,19,21,24-25H,8-9,11-13H2,1H3;2*2-7,10,15-16,19,21,24-25H,8-9,11-13H2,1H3;2-6,9,14-15,17,19,24-25H,7-8,10-12H2,1H3;2-6,9,14-15,17,24H,7-8,10-12H2,1H3/t14-,15+,19?,21?;2*15-,16+,19?,21?;14-,15+,17?,19?;14-,15+,17?. The molecular weight excluding hydrogens is 1660 g/mol. The predicted molar refractivity (Wildman–Crippen MR) is 492 cm³/mol. The first-order chi connectivity index (χ1) is 63.4. The molecule has 5 saturated heterocycles. The molecule has 5 aliphatic carbocycles. The number of hydrogen-bond acceptors (Lipinski definition) is 28. The van der Waals surface area contributed by atoms with Crippen LogP contribution in [0.3, 0.4) is 0 Å². The summed E-state index contributed by atoms with van der Waals surface area (Å²) in [7, 11) is 1.66. The van der Waals surface area contributed by atoms with Crippen molar-refractivity contribution in [1.82, 2.24) is 59.4 Å². The highest BCUT2D eigenvalue weighted by Gasteiger charge is 2.48. The third-order valence-corrected chi connectivity index (χ3v) is 28.0. The topological polar surface area (TPSA) is 361 Å². The predicted octanol–water partition coefficient (Wildman–Crippen LogP) is 13.2. The molecule has 131 heavy (non-hydrogen) atoms. The Morgan fingerprint density at radius 1 is 0.313 bits per heavy atom. The molecule has 10 aromatic rings. The van der Waals surface area contributed by atoms with Crippen LogP contribution < -0.4 is 28.4 Å². The fourth-order valence-corrected chi connectivity index (χ4v) is 21.5. The van der Waals surface area contributed by atoms with Crippen LogP contribution in [-0.2, 0) is 0 Å². The zero-order valence-electron chi connectivity index (χ0n) is 75.4. The van der Waals surface area contributed by atoms with Crippen molar-refractivity contribution in [3.63, 3.8) is 0 Å². The lowest BCUT2D eigenvalue weighted by atomic mass is 10.0. The van der Waals surface area contributed by atoms with E-state index in [0.717, 1.165) is 176 Å². The lowest BCUT2D eigenvalue weighted by molar-refractivity contribution is 0.0931. The minimum absolute atomic E-state index is 0.00348. The number of aromatic nitrogens is 7. The van der Waals surface area contributed by atoms with E-state index in [1.807, 2.05) is 62.4 Å². The number of carbonyl (C=O) groups excluding carboxylic acids is 1. The van der Waals surface area contributed by atoms with Crippen molar-refractivity contribution >= 4 is 5.78 Å². The van der Waals surface area contributed by atoms with Crippen molar-refractivity contribution in [1.29, 1.82) is 0 Å². The fourth-order valence-electron chi connectivity index (χ4n) is 21.5. The lowest BCUT2D eigenvalue weighted by Gasteiger charge is -2.22. The molecule has 7 aromatic heterocycles. The Labute approximate surface area is 766 Å². The maximum atomic E-state index is 12.4. The van der Waals surface area contributed by atoms with Crippen molar-refractivity contribution < 1.29 is 79.2 Å². The van der Waals surface area contributed by atoms with Crippen molar-refractivity contribution in [3.05, 3.63) is 252 Å². The Hall–Kier alpha value is -11.2. The largest absolute Gasteiger partial charge is 0.506 e. The number of rotatable bonds is 26. The van der Waals surface area contributed by atoms with E-state index in [1.165, 1.54) is 48.2 Å². The first kappa shape index (κ1) is 93.1. The van der Waals surface area contributed by atoms with Crippen LogP contribution in [0.25, 0.3) is 0 Å². The lowest BCUT2D eigenvalue weighted by Crippen LogP contribution is -2.30. The van der Waals surface area contributed by atoms with Gasteiger partial charge in [-0.1, -0.05) is 35.4 Å². The number of β-amino-alcohol motifs (C(OH)–C–C–N with tert-alkyl or cyclic N) is 4. The Morgan fingerprint density at radius 2 is 0.565 bits per heavy atom. The van der Waals surface area contributed by atoms with Gasteiger partial charge in [-0.2, -0.15) is 0 Å². The SMILES string of the molecule is COc1ccc(OC2C[C@@H]3CN(CC(O)c4ccc(O)cn4)C[C@@H]3C2)cc1.Cc1ccc(OC2C[C@@H]3CN(CC(O)c4ccc(O)cn4)C[C@@H]3C2)cc1.Cc1ccc(OC2C[C@@H]3CN(CC(O)c4ccc(O)cn4)C[C@@H]3C2)cc1.Cc1ncccc1OC1C[C@@H]2CN(CC(=O)c3ccc(O)cn3)C[C@@H]2C1.Cc1ncccc1OC1C[C@@H]2CN(CC(O)c3ccc(O)cn3)C[C@@H]2C1. The van der Waals surface area contributed by atoms with Crippen LogP contribution in [0.15, 0.2) is 201 Å². The number of aryl methyl sites for hydroxylation is 4. The quantitative estimate of drug-likeness (QED) is 0.0227. The number of Topliss-reactive ketones (excluding diaryl/α,β-unsaturated/α-hetero) is 1. The second kappa shape index (κ2) is 43.5. The van der Waals surface area contributed by atoms with Gasteiger partial charge in [0.15, 0.2) is 5.78 Å². The average molecular weight is 1790 g/mol. The summed E-state index contributed by atoms with van der Waals surface area (Å²) in [6, 6.07) is 48.2. The average Bonchev–Trinajstić information content (AvgIpc) is 1.67. The van der Waals surface area contributed by atoms with Gasteiger partial charge in [0.05, 0.1) is 109 Å². The monoisotopic (exact) mass is 1790 g/mol. The van der Waals surface area contributed by atoms with Gasteiger partial charge in [-0.3, -0.25) is 59.2 Å². The molecule has 19 atom stereocenters. The van der Waals surface area contributed by atoms with E-state index in [-0.39, 0.29) is 52.8 Å². The van der Waals surface area contributed by atoms with Gasteiger partial charge in [0.25, 0.3) is 0 Å². The number of aliphatic hydroxyl groups excluding tert-OH is 4. The molecule has 5 aliphatic heterocycles. The van der Waals surface area contributed by atoms with E-state index in [4.69, 9.17) is 28.4 Å². The highest BCUT2D eigenvalue weighted by atomic mass is 16.5. The molecule has 0 spiro atoms. The number of pyridine rings is 7. The van der Waals surface area contributed by atoms with Crippen LogP contribution in [0.2, 0.25) is 0 Å². The summed E-state index contributed by atoms with van der Waals surface area (Å²) in [5.74, 6) is 12.2. The van der Waals surface area contributed by atoms with Crippen LogP contribution in [-0.4, -0.2) is 247 Å². The Balaban J connectivity index is 0.000000120. The number of ether oxygens (including phenoxy) is 6. The van der Waals surface area contributed by atoms with Gasteiger partial charge in [-0.05, 0) is 285 Å². The molecule has 0 bridgehead atoms. The molecule has 10 fully saturated rings. The highest BCUT2D eigenvalue weighted by molar-refractivity contribution is 5.95. The normalized spacial score (nSPS) is 26.2. The molecule has 10 aliphatic rings. The molecule has 9 N–H and O–H groups in total. The second-order valence-corrected chi connectivity index (χ2v) is 37.9. The van der Waals surface area contributed by atoms with Gasteiger partial charge >= 0.3 is 0 Å². The van der Waals surface area contributed by atoms with Gasteiger partial charge < -0.3 is 74.4 Å². The smallest absolute Gasteiger partial charge is 0.195 e. The van der Waals surface area contributed by atoms with Crippen molar-refractivity contribution in [2.24, 2.45) is 59.2 Å². The van der Waals surface area contributed by atoms with E-state index in [9.17, 15) is 50.8 Å². The van der Waals surface area contributed by atoms with E-state index >= 15 is 0 Å². The Kier molecular flexibility index (Phi) is 30.9. The van der Waals surface area contributed by atoms with Crippen LogP contribution >= 0.6 is 0 Å².